The van der Waals surface area contributed by atoms with E-state index < -0.39 is 0 Å². The second-order valence-electron chi connectivity index (χ2n) is 7.13. The Morgan fingerprint density at radius 2 is 1.81 bits per heavy atom. The van der Waals surface area contributed by atoms with Crippen LogP contribution in [0.2, 0.25) is 0 Å². The van der Waals surface area contributed by atoms with Crippen molar-refractivity contribution in [1.29, 1.82) is 0 Å². The third-order valence-electron chi connectivity index (χ3n) is 5.91. The molecular weight excluding hydrogens is 266 g/mol. The Morgan fingerprint density at radius 3 is 2.38 bits per heavy atom. The van der Waals surface area contributed by atoms with Crippen molar-refractivity contribution in [1.82, 2.24) is 10.2 Å². The van der Waals surface area contributed by atoms with Gasteiger partial charge < -0.3 is 16.0 Å². The molecule has 0 aromatic heterocycles. The summed E-state index contributed by atoms with van der Waals surface area (Å²) in [5, 5.41) is 3.13. The monoisotopic (exact) mass is 293 g/mol. The Bertz CT molecular complexity index is 416. The lowest BCUT2D eigenvalue weighted by Gasteiger charge is -2.32. The topological polar surface area (TPSA) is 75.4 Å². The molecule has 2 saturated carbocycles. The maximum Gasteiger partial charge on any atom is 0.224 e. The van der Waals surface area contributed by atoms with Crippen molar-refractivity contribution in [2.24, 2.45) is 29.4 Å². The van der Waals surface area contributed by atoms with Crippen molar-refractivity contribution in [3.8, 4) is 0 Å². The van der Waals surface area contributed by atoms with Gasteiger partial charge in [0.2, 0.25) is 11.8 Å². The Labute approximate surface area is 126 Å². The summed E-state index contributed by atoms with van der Waals surface area (Å²) in [6, 6.07) is 0.0725. The molecule has 2 aliphatic carbocycles. The molecule has 2 amide bonds. The maximum absolute atomic E-state index is 12.4. The predicted octanol–water partition coefficient (Wildman–Crippen LogP) is 0.735. The highest BCUT2D eigenvalue weighted by Gasteiger charge is 2.49. The standard InChI is InChI=1S/C16H27N3O2/c1-10(20)19-6-4-11(5-7-19)9-18-16(21)14-12-2-3-13(8-12)15(14)17/h11-15H,2-9,17H2,1H3,(H,18,21). The number of nitrogens with zero attached hydrogens (tertiary/aromatic N) is 1. The number of likely N-dealkylation sites (tertiary alicyclic amines) is 1. The zero-order chi connectivity index (χ0) is 15.0. The minimum absolute atomic E-state index is 0.0426. The number of fused-ring (bicyclic) bond motifs is 2. The van der Waals surface area contributed by atoms with Gasteiger partial charge in [-0.25, -0.2) is 0 Å². The average Bonchev–Trinajstić information content (AvgIpc) is 3.06. The number of rotatable bonds is 3. The van der Waals surface area contributed by atoms with E-state index >= 15 is 0 Å². The molecule has 2 bridgehead atoms. The van der Waals surface area contributed by atoms with Gasteiger partial charge in [-0.2, -0.15) is 0 Å². The van der Waals surface area contributed by atoms with Crippen LogP contribution < -0.4 is 11.1 Å². The number of carbonyl (C=O) groups excluding carboxylic acids is 2. The number of amides is 2. The smallest absolute Gasteiger partial charge is 0.224 e. The van der Waals surface area contributed by atoms with Gasteiger partial charge in [-0.1, -0.05) is 0 Å². The first-order valence-corrected chi connectivity index (χ1v) is 8.35. The van der Waals surface area contributed by atoms with Crippen molar-refractivity contribution in [2.75, 3.05) is 19.6 Å². The second kappa shape index (κ2) is 5.95. The van der Waals surface area contributed by atoms with Crippen molar-refractivity contribution >= 4 is 11.8 Å². The first-order valence-electron chi connectivity index (χ1n) is 8.35. The fourth-order valence-electron chi connectivity index (χ4n) is 4.54. The summed E-state index contributed by atoms with van der Waals surface area (Å²) < 4.78 is 0. The summed E-state index contributed by atoms with van der Waals surface area (Å²) in [4.78, 5) is 25.6. The van der Waals surface area contributed by atoms with Crippen molar-refractivity contribution in [2.45, 2.75) is 45.1 Å². The van der Waals surface area contributed by atoms with Crippen molar-refractivity contribution < 1.29 is 9.59 Å². The lowest BCUT2D eigenvalue weighted by atomic mass is 9.84. The van der Waals surface area contributed by atoms with Crippen LogP contribution in [0.1, 0.15) is 39.0 Å². The summed E-state index contributed by atoms with van der Waals surface area (Å²) >= 11 is 0. The third-order valence-corrected chi connectivity index (χ3v) is 5.91. The second-order valence-corrected chi connectivity index (χ2v) is 7.13. The lowest BCUT2D eigenvalue weighted by molar-refractivity contribution is -0.131. The molecule has 0 radical (unpaired) electrons. The van der Waals surface area contributed by atoms with Gasteiger partial charge in [0.1, 0.15) is 0 Å². The molecular formula is C16H27N3O2. The Hall–Kier alpha value is -1.10. The molecule has 0 aromatic rings. The maximum atomic E-state index is 12.4. The van der Waals surface area contributed by atoms with Crippen LogP contribution in [0.3, 0.4) is 0 Å². The predicted molar refractivity (Wildman–Crippen MR) is 80.3 cm³/mol. The fraction of sp³-hybridized carbons (Fsp3) is 0.875. The molecule has 1 saturated heterocycles. The first-order chi connectivity index (χ1) is 10.1. The summed E-state index contributed by atoms with van der Waals surface area (Å²) in [5.74, 6) is 1.96. The SMILES string of the molecule is CC(=O)N1CCC(CNC(=O)C2C3CCC(C3)C2N)CC1. The average molecular weight is 293 g/mol. The molecule has 4 atom stereocenters. The third kappa shape index (κ3) is 2.93. The zero-order valence-electron chi connectivity index (χ0n) is 12.9. The number of hydrogen-bond acceptors (Lipinski definition) is 3. The van der Waals surface area contributed by atoms with Crippen LogP contribution >= 0.6 is 0 Å². The van der Waals surface area contributed by atoms with Crippen LogP contribution in [-0.2, 0) is 9.59 Å². The van der Waals surface area contributed by atoms with E-state index in [-0.39, 0.29) is 23.8 Å². The highest BCUT2D eigenvalue weighted by Crippen LogP contribution is 2.47. The molecule has 5 nitrogen and oxygen atoms in total. The fourth-order valence-corrected chi connectivity index (χ4v) is 4.54. The molecule has 5 heteroatoms. The van der Waals surface area contributed by atoms with Crippen LogP contribution in [0.25, 0.3) is 0 Å². The van der Waals surface area contributed by atoms with Gasteiger partial charge >= 0.3 is 0 Å². The number of carbonyl (C=O) groups is 2. The number of nitrogens with two attached hydrogens (primary N) is 1. The Morgan fingerprint density at radius 1 is 1.14 bits per heavy atom. The summed E-state index contributed by atoms with van der Waals surface area (Å²) in [6.07, 6.45) is 5.51. The van der Waals surface area contributed by atoms with E-state index in [4.69, 9.17) is 5.73 Å². The number of hydrogen-bond donors (Lipinski definition) is 2. The van der Waals surface area contributed by atoms with Gasteiger partial charge in [-0.3, -0.25) is 9.59 Å². The van der Waals surface area contributed by atoms with Crippen LogP contribution in [0.5, 0.6) is 0 Å². The van der Waals surface area contributed by atoms with Gasteiger partial charge in [0, 0.05) is 32.6 Å². The minimum Gasteiger partial charge on any atom is -0.356 e. The Kier molecular flexibility index (Phi) is 4.20. The highest BCUT2D eigenvalue weighted by atomic mass is 16.2. The molecule has 0 spiro atoms. The molecule has 21 heavy (non-hydrogen) atoms. The summed E-state index contributed by atoms with van der Waals surface area (Å²) in [6.45, 7) is 4.01. The van der Waals surface area contributed by atoms with Crippen LogP contribution in [-0.4, -0.2) is 42.4 Å². The lowest BCUT2D eigenvalue weighted by Crippen LogP contribution is -2.47. The van der Waals surface area contributed by atoms with Crippen molar-refractivity contribution in [3.05, 3.63) is 0 Å². The molecule has 1 aliphatic heterocycles. The highest BCUT2D eigenvalue weighted by molar-refractivity contribution is 5.80. The zero-order valence-corrected chi connectivity index (χ0v) is 12.9. The molecule has 4 unspecified atom stereocenters. The molecule has 3 rings (SSSR count). The van der Waals surface area contributed by atoms with Gasteiger partial charge in [-0.15, -0.1) is 0 Å². The van der Waals surface area contributed by atoms with E-state index in [1.807, 2.05) is 4.90 Å². The summed E-state index contributed by atoms with van der Waals surface area (Å²) in [5.41, 5.74) is 6.22. The molecule has 1 heterocycles. The van der Waals surface area contributed by atoms with Crippen LogP contribution in [0, 0.1) is 23.7 Å². The van der Waals surface area contributed by atoms with E-state index in [2.05, 4.69) is 5.32 Å². The first kappa shape index (κ1) is 14.8. The van der Waals surface area contributed by atoms with Gasteiger partial charge in [0.05, 0.1) is 5.92 Å². The van der Waals surface area contributed by atoms with Gasteiger partial charge in [-0.05, 0) is 49.9 Å². The minimum atomic E-state index is 0.0426. The van der Waals surface area contributed by atoms with E-state index in [0.29, 0.717) is 17.8 Å². The Balaban J connectivity index is 1.44. The number of piperidine rings is 1. The van der Waals surface area contributed by atoms with E-state index in [1.54, 1.807) is 6.92 Å². The van der Waals surface area contributed by atoms with E-state index in [9.17, 15) is 9.59 Å². The quantitative estimate of drug-likeness (QED) is 0.805. The van der Waals surface area contributed by atoms with Gasteiger partial charge in [0.25, 0.3) is 0 Å². The van der Waals surface area contributed by atoms with E-state index in [0.717, 1.165) is 38.9 Å². The molecule has 118 valence electrons. The molecule has 3 aliphatic rings. The van der Waals surface area contributed by atoms with Crippen LogP contribution in [0.4, 0.5) is 0 Å². The van der Waals surface area contributed by atoms with Crippen molar-refractivity contribution in [3.63, 3.8) is 0 Å². The normalized spacial score (nSPS) is 36.0. The molecule has 3 fully saturated rings. The largest absolute Gasteiger partial charge is 0.356 e. The van der Waals surface area contributed by atoms with E-state index in [1.165, 1.54) is 12.8 Å². The van der Waals surface area contributed by atoms with Crippen LogP contribution in [0.15, 0.2) is 0 Å². The summed E-state index contributed by atoms with van der Waals surface area (Å²) in [7, 11) is 0. The van der Waals surface area contributed by atoms with Gasteiger partial charge in [0.15, 0.2) is 0 Å². The number of nitrogens with one attached hydrogen (secondary N) is 1. The molecule has 3 N–H and O–H groups in total. The molecule has 0 aromatic carbocycles.